The number of nitrogens with one attached hydrogen (secondary N) is 1. The largest absolute Gasteiger partial charge is 0.382 e. The molecule has 4 nitrogen and oxygen atoms in total. The Bertz CT molecular complexity index is 524. The molecular formula is C14H18N2O2S2. The summed E-state index contributed by atoms with van der Waals surface area (Å²) in [5.41, 5.74) is 0.997. The molecule has 0 unspecified atom stereocenters. The minimum Gasteiger partial charge on any atom is -0.382 e. The summed E-state index contributed by atoms with van der Waals surface area (Å²) in [6, 6.07) is 8.01. The highest BCUT2D eigenvalue weighted by molar-refractivity contribution is 8.01. The number of ether oxygens (including phenoxy) is 1. The molecule has 1 aromatic carbocycles. The Morgan fingerprint density at radius 3 is 3.10 bits per heavy atom. The Kier molecular flexibility index (Phi) is 6.29. The fourth-order valence-electron chi connectivity index (χ4n) is 1.64. The number of amides is 1. The average molecular weight is 310 g/mol. The monoisotopic (exact) mass is 310 g/mol. The Morgan fingerprint density at radius 2 is 2.30 bits per heavy atom. The first kappa shape index (κ1) is 15.3. The molecule has 0 saturated heterocycles. The summed E-state index contributed by atoms with van der Waals surface area (Å²) in [6.45, 7) is 4.05. The molecule has 1 aromatic heterocycles. The van der Waals surface area contributed by atoms with Crippen molar-refractivity contribution < 1.29 is 9.53 Å². The van der Waals surface area contributed by atoms with Gasteiger partial charge in [0.1, 0.15) is 0 Å². The molecule has 2 aromatic rings. The number of thioether (sulfide) groups is 1. The lowest BCUT2D eigenvalue weighted by atomic mass is 10.3. The predicted molar refractivity (Wildman–Crippen MR) is 84.5 cm³/mol. The van der Waals surface area contributed by atoms with E-state index in [0.717, 1.165) is 27.6 Å². The number of carbonyl (C=O) groups excluding carboxylic acids is 1. The van der Waals surface area contributed by atoms with Crippen LogP contribution < -0.4 is 5.32 Å². The first-order valence-corrected chi connectivity index (χ1v) is 8.42. The number of hydrogen-bond acceptors (Lipinski definition) is 5. The van der Waals surface area contributed by atoms with Crippen molar-refractivity contribution in [2.75, 3.05) is 25.5 Å². The van der Waals surface area contributed by atoms with E-state index in [1.165, 1.54) is 11.8 Å². The lowest BCUT2D eigenvalue weighted by molar-refractivity contribution is -0.118. The number of rotatable bonds is 8. The van der Waals surface area contributed by atoms with Crippen LogP contribution in [0.1, 0.15) is 13.3 Å². The third-order valence-electron chi connectivity index (χ3n) is 2.59. The van der Waals surface area contributed by atoms with Crippen molar-refractivity contribution in [3.8, 4) is 0 Å². The van der Waals surface area contributed by atoms with Gasteiger partial charge in [-0.3, -0.25) is 4.79 Å². The maximum absolute atomic E-state index is 11.7. The van der Waals surface area contributed by atoms with E-state index in [9.17, 15) is 4.79 Å². The lowest BCUT2D eigenvalue weighted by Crippen LogP contribution is -2.26. The first-order valence-electron chi connectivity index (χ1n) is 6.62. The Balaban J connectivity index is 1.70. The van der Waals surface area contributed by atoms with E-state index in [1.54, 1.807) is 11.3 Å². The molecule has 0 fully saturated rings. The molecule has 108 valence electrons. The first-order chi connectivity index (χ1) is 9.79. The van der Waals surface area contributed by atoms with Gasteiger partial charge in [0.05, 0.1) is 16.0 Å². The van der Waals surface area contributed by atoms with Gasteiger partial charge in [0, 0.05) is 19.8 Å². The van der Waals surface area contributed by atoms with E-state index >= 15 is 0 Å². The second-order valence-corrected chi connectivity index (χ2v) is 6.39. The van der Waals surface area contributed by atoms with Crippen molar-refractivity contribution in [3.63, 3.8) is 0 Å². The van der Waals surface area contributed by atoms with Gasteiger partial charge >= 0.3 is 0 Å². The molecule has 0 radical (unpaired) electrons. The van der Waals surface area contributed by atoms with Crippen molar-refractivity contribution in [2.45, 2.75) is 17.7 Å². The summed E-state index contributed by atoms with van der Waals surface area (Å²) >= 11 is 3.11. The second kappa shape index (κ2) is 8.24. The fraction of sp³-hybridized carbons (Fsp3) is 0.429. The Labute approximate surface area is 126 Å². The highest BCUT2D eigenvalue weighted by atomic mass is 32.2. The smallest absolute Gasteiger partial charge is 0.230 e. The number of thiazole rings is 1. The number of carbonyl (C=O) groups is 1. The number of fused-ring (bicyclic) bond motifs is 1. The van der Waals surface area contributed by atoms with Crippen LogP contribution in [0.5, 0.6) is 0 Å². The zero-order valence-corrected chi connectivity index (χ0v) is 13.1. The van der Waals surface area contributed by atoms with Gasteiger partial charge in [-0.1, -0.05) is 23.9 Å². The number of nitrogens with zero attached hydrogens (tertiary/aromatic N) is 1. The third kappa shape index (κ3) is 4.77. The molecule has 1 N–H and O–H groups in total. The molecular weight excluding hydrogens is 292 g/mol. The summed E-state index contributed by atoms with van der Waals surface area (Å²) in [5.74, 6) is 0.458. The normalized spacial score (nSPS) is 10.8. The third-order valence-corrected chi connectivity index (χ3v) is 4.77. The minimum atomic E-state index is 0.0470. The number of hydrogen-bond donors (Lipinski definition) is 1. The molecule has 0 saturated carbocycles. The van der Waals surface area contributed by atoms with Crippen LogP contribution in [0.15, 0.2) is 28.6 Å². The summed E-state index contributed by atoms with van der Waals surface area (Å²) in [7, 11) is 0. The molecule has 2 rings (SSSR count). The lowest BCUT2D eigenvalue weighted by Gasteiger charge is -2.04. The van der Waals surface area contributed by atoms with E-state index in [1.807, 2.05) is 31.2 Å². The topological polar surface area (TPSA) is 51.2 Å². The average Bonchev–Trinajstić information content (AvgIpc) is 2.88. The summed E-state index contributed by atoms with van der Waals surface area (Å²) in [5, 5.41) is 2.88. The van der Waals surface area contributed by atoms with Gasteiger partial charge in [-0.05, 0) is 25.5 Å². The molecule has 1 amide bonds. The number of aromatic nitrogens is 1. The Morgan fingerprint density at radius 1 is 1.45 bits per heavy atom. The maximum Gasteiger partial charge on any atom is 0.230 e. The van der Waals surface area contributed by atoms with Crippen LogP contribution in [0, 0.1) is 0 Å². The molecule has 6 heteroatoms. The molecule has 1 heterocycles. The molecule has 0 aliphatic rings. The van der Waals surface area contributed by atoms with Crippen LogP contribution in [-0.4, -0.2) is 36.4 Å². The van der Waals surface area contributed by atoms with E-state index in [0.29, 0.717) is 18.9 Å². The second-order valence-electron chi connectivity index (χ2n) is 4.14. The van der Waals surface area contributed by atoms with Gasteiger partial charge in [-0.2, -0.15) is 0 Å². The van der Waals surface area contributed by atoms with E-state index in [4.69, 9.17) is 4.74 Å². The van der Waals surface area contributed by atoms with Crippen molar-refractivity contribution in [1.82, 2.24) is 10.3 Å². The van der Waals surface area contributed by atoms with Crippen LogP contribution >= 0.6 is 23.1 Å². The van der Waals surface area contributed by atoms with Gasteiger partial charge in [-0.15, -0.1) is 11.3 Å². The van der Waals surface area contributed by atoms with Gasteiger partial charge in [0.15, 0.2) is 4.34 Å². The molecule has 0 spiro atoms. The molecule has 0 bridgehead atoms. The zero-order valence-electron chi connectivity index (χ0n) is 11.4. The number of para-hydroxylation sites is 1. The molecule has 0 aliphatic carbocycles. The molecule has 0 atom stereocenters. The van der Waals surface area contributed by atoms with Gasteiger partial charge in [0.2, 0.25) is 5.91 Å². The molecule has 0 aliphatic heterocycles. The summed E-state index contributed by atoms with van der Waals surface area (Å²) in [4.78, 5) is 16.2. The molecule has 20 heavy (non-hydrogen) atoms. The van der Waals surface area contributed by atoms with Crippen molar-refractivity contribution in [3.05, 3.63) is 24.3 Å². The quantitative estimate of drug-likeness (QED) is 0.601. The summed E-state index contributed by atoms with van der Waals surface area (Å²) < 4.78 is 7.31. The zero-order chi connectivity index (χ0) is 14.2. The SMILES string of the molecule is CCOCCCNC(=O)CSc1nc2ccccc2s1. The van der Waals surface area contributed by atoms with Crippen LogP contribution in [0.4, 0.5) is 0 Å². The standard InChI is InChI=1S/C14H18N2O2S2/c1-2-18-9-5-8-15-13(17)10-19-14-16-11-6-3-4-7-12(11)20-14/h3-4,6-7H,2,5,8-10H2,1H3,(H,15,17). The van der Waals surface area contributed by atoms with Crippen LogP contribution in [-0.2, 0) is 9.53 Å². The highest BCUT2D eigenvalue weighted by Crippen LogP contribution is 2.28. The fourth-order valence-corrected chi connectivity index (χ4v) is 3.54. The predicted octanol–water partition coefficient (Wildman–Crippen LogP) is 2.93. The Hall–Kier alpha value is -1.11. The van der Waals surface area contributed by atoms with E-state index in [2.05, 4.69) is 10.3 Å². The van der Waals surface area contributed by atoms with Crippen LogP contribution in [0.2, 0.25) is 0 Å². The maximum atomic E-state index is 11.7. The van der Waals surface area contributed by atoms with Crippen molar-refractivity contribution in [2.24, 2.45) is 0 Å². The van der Waals surface area contributed by atoms with Crippen LogP contribution in [0.25, 0.3) is 10.2 Å². The van der Waals surface area contributed by atoms with Gasteiger partial charge in [0.25, 0.3) is 0 Å². The summed E-state index contributed by atoms with van der Waals surface area (Å²) in [6.07, 6.45) is 0.853. The van der Waals surface area contributed by atoms with Gasteiger partial charge in [-0.25, -0.2) is 4.98 Å². The van der Waals surface area contributed by atoms with Crippen LogP contribution in [0.3, 0.4) is 0 Å². The van der Waals surface area contributed by atoms with Crippen molar-refractivity contribution >= 4 is 39.2 Å². The van der Waals surface area contributed by atoms with Crippen molar-refractivity contribution in [1.29, 1.82) is 0 Å². The minimum absolute atomic E-state index is 0.0470. The highest BCUT2D eigenvalue weighted by Gasteiger charge is 2.07. The number of benzene rings is 1. The van der Waals surface area contributed by atoms with Gasteiger partial charge < -0.3 is 10.1 Å². The van der Waals surface area contributed by atoms with E-state index < -0.39 is 0 Å². The van der Waals surface area contributed by atoms with E-state index in [-0.39, 0.29) is 5.91 Å².